The Morgan fingerprint density at radius 3 is 2.20 bits per heavy atom. The molecule has 1 aromatic carbocycles. The van der Waals surface area contributed by atoms with E-state index in [0.717, 1.165) is 11.8 Å². The molecular formula is C19H33N. The maximum absolute atomic E-state index is 3.57. The molecule has 1 nitrogen and oxygen atoms in total. The van der Waals surface area contributed by atoms with E-state index in [2.05, 4.69) is 64.3 Å². The molecule has 1 N–H and O–H groups in total. The van der Waals surface area contributed by atoms with Crippen LogP contribution in [-0.2, 0) is 6.42 Å². The molecule has 1 unspecified atom stereocenters. The van der Waals surface area contributed by atoms with E-state index in [9.17, 15) is 0 Å². The van der Waals surface area contributed by atoms with E-state index >= 15 is 0 Å². The van der Waals surface area contributed by atoms with Crippen LogP contribution in [-0.4, -0.2) is 7.05 Å². The van der Waals surface area contributed by atoms with Crippen molar-refractivity contribution in [2.45, 2.75) is 65.8 Å². The summed E-state index contributed by atoms with van der Waals surface area (Å²) in [5, 5.41) is 3.57. The number of nitrogens with one attached hydrogen (secondary N) is 1. The highest BCUT2D eigenvalue weighted by molar-refractivity contribution is 5.27. The number of rotatable bonds is 9. The minimum absolute atomic E-state index is 0.502. The monoisotopic (exact) mass is 275 g/mol. The molecule has 0 heterocycles. The second-order valence-corrected chi connectivity index (χ2v) is 6.45. The lowest BCUT2D eigenvalue weighted by molar-refractivity contribution is 0.331. The normalized spacial score (nSPS) is 13.2. The van der Waals surface area contributed by atoms with Crippen molar-refractivity contribution < 1.29 is 0 Å². The first-order chi connectivity index (χ1) is 9.62. The lowest BCUT2D eigenvalue weighted by atomic mass is 9.85. The summed E-state index contributed by atoms with van der Waals surface area (Å²) < 4.78 is 0. The lowest BCUT2D eigenvalue weighted by Gasteiger charge is -2.27. The Bertz CT molecular complexity index is 364. The average Bonchev–Trinajstić information content (AvgIpc) is 2.40. The van der Waals surface area contributed by atoms with Crippen molar-refractivity contribution in [2.75, 3.05) is 7.05 Å². The van der Waals surface area contributed by atoms with E-state index in [1.807, 2.05) is 0 Å². The quantitative estimate of drug-likeness (QED) is 0.639. The number of benzene rings is 1. The summed E-state index contributed by atoms with van der Waals surface area (Å²) in [7, 11) is 2.11. The van der Waals surface area contributed by atoms with Crippen molar-refractivity contribution in [3.63, 3.8) is 0 Å². The number of hydrogen-bond donors (Lipinski definition) is 1. The first-order valence-corrected chi connectivity index (χ1v) is 8.38. The van der Waals surface area contributed by atoms with Crippen molar-refractivity contribution >= 4 is 0 Å². The van der Waals surface area contributed by atoms with Crippen molar-refractivity contribution in [3.8, 4) is 0 Å². The zero-order valence-corrected chi connectivity index (χ0v) is 14.1. The highest BCUT2D eigenvalue weighted by Gasteiger charge is 2.20. The molecule has 0 saturated heterocycles. The maximum Gasteiger partial charge on any atom is 0.0346 e. The molecule has 0 amide bonds. The minimum atomic E-state index is 0.502. The zero-order valence-electron chi connectivity index (χ0n) is 14.1. The van der Waals surface area contributed by atoms with Crippen molar-refractivity contribution in [3.05, 3.63) is 35.4 Å². The Hall–Kier alpha value is -0.820. The molecule has 0 aliphatic heterocycles. The molecule has 0 bridgehead atoms. The van der Waals surface area contributed by atoms with Gasteiger partial charge in [-0.3, -0.25) is 0 Å². The van der Waals surface area contributed by atoms with Crippen LogP contribution in [0.15, 0.2) is 24.3 Å². The van der Waals surface area contributed by atoms with Gasteiger partial charge in [0.2, 0.25) is 0 Å². The van der Waals surface area contributed by atoms with Gasteiger partial charge in [0.1, 0.15) is 0 Å². The van der Waals surface area contributed by atoms with Crippen molar-refractivity contribution in [1.29, 1.82) is 0 Å². The topological polar surface area (TPSA) is 12.0 Å². The summed E-state index contributed by atoms with van der Waals surface area (Å²) in [6.07, 6.45) is 6.35. The van der Waals surface area contributed by atoms with Gasteiger partial charge < -0.3 is 5.32 Å². The second-order valence-electron chi connectivity index (χ2n) is 6.45. The molecule has 0 aliphatic carbocycles. The fourth-order valence-electron chi connectivity index (χ4n) is 3.28. The zero-order chi connectivity index (χ0) is 15.0. The predicted molar refractivity (Wildman–Crippen MR) is 90.1 cm³/mol. The Balaban J connectivity index is 2.91. The van der Waals surface area contributed by atoms with Crippen LogP contribution < -0.4 is 5.32 Å². The molecule has 1 heteroatoms. The highest BCUT2D eigenvalue weighted by atomic mass is 14.9. The van der Waals surface area contributed by atoms with E-state index in [4.69, 9.17) is 0 Å². The molecule has 20 heavy (non-hydrogen) atoms. The molecule has 1 aromatic rings. The minimum Gasteiger partial charge on any atom is -0.313 e. The summed E-state index contributed by atoms with van der Waals surface area (Å²) in [5.41, 5.74) is 2.95. The molecule has 0 spiro atoms. The summed E-state index contributed by atoms with van der Waals surface area (Å²) in [4.78, 5) is 0. The van der Waals surface area contributed by atoms with Crippen LogP contribution in [0, 0.1) is 11.8 Å². The van der Waals surface area contributed by atoms with Crippen LogP contribution in [0.1, 0.15) is 70.5 Å². The van der Waals surface area contributed by atoms with Gasteiger partial charge in [-0.15, -0.1) is 0 Å². The van der Waals surface area contributed by atoms with Crippen LogP contribution in [0.2, 0.25) is 0 Å². The average molecular weight is 275 g/mol. The van der Waals surface area contributed by atoms with Crippen LogP contribution in [0.4, 0.5) is 0 Å². The standard InChI is InChI=1S/C19H33N/c1-6-9-17(10-7-2)19(20-5)18-12-8-11-16(14-18)13-15(3)4/h8,11-12,14-15,17,19-20H,6-7,9-10,13H2,1-5H3. The second kappa shape index (κ2) is 9.18. The van der Waals surface area contributed by atoms with Gasteiger partial charge in [-0.1, -0.05) is 64.8 Å². The fraction of sp³-hybridized carbons (Fsp3) is 0.684. The third-order valence-electron chi connectivity index (χ3n) is 4.06. The van der Waals surface area contributed by atoms with Gasteiger partial charge in [-0.25, -0.2) is 0 Å². The van der Waals surface area contributed by atoms with Crippen LogP contribution in [0.3, 0.4) is 0 Å². The molecule has 0 aromatic heterocycles. The fourth-order valence-corrected chi connectivity index (χ4v) is 3.28. The molecule has 0 aliphatic rings. The maximum atomic E-state index is 3.57. The molecule has 114 valence electrons. The van der Waals surface area contributed by atoms with Crippen LogP contribution in [0.5, 0.6) is 0 Å². The van der Waals surface area contributed by atoms with Gasteiger partial charge in [-0.2, -0.15) is 0 Å². The smallest absolute Gasteiger partial charge is 0.0346 e. The van der Waals surface area contributed by atoms with Gasteiger partial charge in [0.05, 0.1) is 0 Å². The summed E-state index contributed by atoms with van der Waals surface area (Å²) in [5.74, 6) is 1.48. The summed E-state index contributed by atoms with van der Waals surface area (Å²) in [6.45, 7) is 9.17. The molecular weight excluding hydrogens is 242 g/mol. The van der Waals surface area contributed by atoms with E-state index in [0.29, 0.717) is 6.04 Å². The molecule has 0 radical (unpaired) electrons. The van der Waals surface area contributed by atoms with Crippen molar-refractivity contribution in [1.82, 2.24) is 5.32 Å². The van der Waals surface area contributed by atoms with Gasteiger partial charge >= 0.3 is 0 Å². The molecule has 1 rings (SSSR count). The van der Waals surface area contributed by atoms with Gasteiger partial charge in [-0.05, 0) is 49.3 Å². The van der Waals surface area contributed by atoms with E-state index in [1.54, 1.807) is 0 Å². The highest BCUT2D eigenvalue weighted by Crippen LogP contribution is 2.30. The molecule has 0 fully saturated rings. The Labute approximate surface area is 126 Å². The van der Waals surface area contributed by atoms with E-state index in [-0.39, 0.29) is 0 Å². The summed E-state index contributed by atoms with van der Waals surface area (Å²) >= 11 is 0. The first-order valence-electron chi connectivity index (χ1n) is 8.38. The summed E-state index contributed by atoms with van der Waals surface area (Å²) in [6, 6.07) is 9.71. The van der Waals surface area contributed by atoms with Gasteiger partial charge in [0.25, 0.3) is 0 Å². The van der Waals surface area contributed by atoms with Crippen LogP contribution >= 0.6 is 0 Å². The van der Waals surface area contributed by atoms with Crippen molar-refractivity contribution in [2.24, 2.45) is 11.8 Å². The molecule has 1 atom stereocenters. The van der Waals surface area contributed by atoms with Gasteiger partial charge in [0, 0.05) is 6.04 Å². The molecule has 0 saturated carbocycles. The van der Waals surface area contributed by atoms with Gasteiger partial charge in [0.15, 0.2) is 0 Å². The third kappa shape index (κ3) is 5.28. The predicted octanol–water partition coefficient (Wildman–Crippen LogP) is 5.36. The number of hydrogen-bond acceptors (Lipinski definition) is 1. The lowest BCUT2D eigenvalue weighted by Crippen LogP contribution is -2.25. The Morgan fingerprint density at radius 2 is 1.70 bits per heavy atom. The van der Waals surface area contributed by atoms with E-state index in [1.165, 1.54) is 43.2 Å². The van der Waals surface area contributed by atoms with Crippen LogP contribution in [0.25, 0.3) is 0 Å². The van der Waals surface area contributed by atoms with E-state index < -0.39 is 0 Å². The Kier molecular flexibility index (Phi) is 7.91. The SMILES string of the molecule is CCCC(CCC)C(NC)c1cccc(CC(C)C)c1. The first kappa shape index (κ1) is 17.2. The third-order valence-corrected chi connectivity index (χ3v) is 4.06. The Morgan fingerprint density at radius 1 is 1.05 bits per heavy atom. The largest absolute Gasteiger partial charge is 0.313 e.